The summed E-state index contributed by atoms with van der Waals surface area (Å²) in [5.74, 6) is 1.50. The van der Waals surface area contributed by atoms with E-state index in [4.69, 9.17) is 15.2 Å². The molecule has 0 aliphatic carbocycles. The fourth-order valence-corrected chi connectivity index (χ4v) is 3.11. The van der Waals surface area contributed by atoms with E-state index in [-0.39, 0.29) is 5.54 Å². The van der Waals surface area contributed by atoms with Crippen LogP contribution in [0, 0.1) is 0 Å². The number of aryl methyl sites for hydroxylation is 1. The Morgan fingerprint density at radius 1 is 1.10 bits per heavy atom. The monoisotopic (exact) mass is 305 g/mol. The van der Waals surface area contributed by atoms with Crippen molar-refractivity contribution in [1.29, 1.82) is 0 Å². The number of ether oxygens (including phenoxy) is 2. The van der Waals surface area contributed by atoms with Crippen LogP contribution in [-0.2, 0) is 12.8 Å². The maximum absolute atomic E-state index is 6.46. The molecule has 0 radical (unpaired) electrons. The van der Waals surface area contributed by atoms with Crippen molar-refractivity contribution in [1.82, 2.24) is 0 Å². The molecular weight excluding hydrogens is 282 g/mol. The topological polar surface area (TPSA) is 44.5 Å². The van der Waals surface area contributed by atoms with Crippen LogP contribution < -0.4 is 15.2 Å². The van der Waals surface area contributed by atoms with E-state index in [2.05, 4.69) is 29.8 Å². The molecule has 2 aromatic rings. The van der Waals surface area contributed by atoms with E-state index in [0.29, 0.717) is 0 Å². The lowest BCUT2D eigenvalue weighted by atomic mass is 9.88. The van der Waals surface area contributed by atoms with Crippen molar-refractivity contribution in [2.24, 2.45) is 5.73 Å². The molecule has 1 unspecified atom stereocenters. The highest BCUT2D eigenvalue weighted by molar-refractivity contribution is 7.07. The van der Waals surface area contributed by atoms with Crippen LogP contribution in [0.5, 0.6) is 11.5 Å². The summed E-state index contributed by atoms with van der Waals surface area (Å²) in [5.41, 5.74) is 8.76. The third-order valence-corrected chi connectivity index (χ3v) is 4.35. The van der Waals surface area contributed by atoms with Crippen LogP contribution in [0.4, 0.5) is 0 Å². The van der Waals surface area contributed by atoms with Crippen molar-refractivity contribution in [3.05, 3.63) is 46.2 Å². The number of rotatable bonds is 7. The van der Waals surface area contributed by atoms with Crippen LogP contribution in [0.25, 0.3) is 0 Å². The summed E-state index contributed by atoms with van der Waals surface area (Å²) in [6.45, 7) is 2.11. The predicted molar refractivity (Wildman–Crippen MR) is 88.5 cm³/mol. The Morgan fingerprint density at radius 3 is 2.48 bits per heavy atom. The van der Waals surface area contributed by atoms with Gasteiger partial charge in [0.25, 0.3) is 0 Å². The van der Waals surface area contributed by atoms with E-state index in [1.807, 2.05) is 12.1 Å². The molecule has 1 heterocycles. The molecule has 4 heteroatoms. The molecule has 1 aromatic carbocycles. The van der Waals surface area contributed by atoms with Crippen molar-refractivity contribution in [3.8, 4) is 11.5 Å². The fraction of sp³-hybridized carbons (Fsp3) is 0.412. The van der Waals surface area contributed by atoms with Gasteiger partial charge in [-0.1, -0.05) is 6.07 Å². The highest BCUT2D eigenvalue weighted by Crippen LogP contribution is 2.29. The molecule has 21 heavy (non-hydrogen) atoms. The van der Waals surface area contributed by atoms with Crippen molar-refractivity contribution < 1.29 is 9.47 Å². The Bertz CT molecular complexity index is 564. The van der Waals surface area contributed by atoms with Crippen molar-refractivity contribution in [2.75, 3.05) is 14.2 Å². The summed E-state index contributed by atoms with van der Waals surface area (Å²) in [6.07, 6.45) is 2.79. The average molecular weight is 305 g/mol. The van der Waals surface area contributed by atoms with Gasteiger partial charge >= 0.3 is 0 Å². The standard InChI is InChI=1S/C17H23NO2S/c1-17(18,8-6-13-7-9-21-12-13)11-14-4-5-15(19-2)16(10-14)20-3/h4-5,7,9-10,12H,6,8,11,18H2,1-3H3. The van der Waals surface area contributed by atoms with Gasteiger partial charge in [-0.3, -0.25) is 0 Å². The van der Waals surface area contributed by atoms with Gasteiger partial charge in [-0.25, -0.2) is 0 Å². The van der Waals surface area contributed by atoms with Crippen LogP contribution in [0.1, 0.15) is 24.5 Å². The Balaban J connectivity index is 2.01. The summed E-state index contributed by atoms with van der Waals surface area (Å²) in [5, 5.41) is 4.30. The maximum atomic E-state index is 6.46. The third kappa shape index (κ3) is 4.48. The zero-order chi connectivity index (χ0) is 15.3. The summed E-state index contributed by atoms with van der Waals surface area (Å²) in [6, 6.07) is 8.16. The summed E-state index contributed by atoms with van der Waals surface area (Å²) >= 11 is 1.73. The second kappa shape index (κ2) is 6.96. The van der Waals surface area contributed by atoms with Crippen LogP contribution in [-0.4, -0.2) is 19.8 Å². The Labute approximate surface area is 130 Å². The van der Waals surface area contributed by atoms with E-state index in [0.717, 1.165) is 30.8 Å². The number of thiophene rings is 1. The number of hydrogen-bond acceptors (Lipinski definition) is 4. The van der Waals surface area contributed by atoms with E-state index in [1.54, 1.807) is 25.6 Å². The summed E-state index contributed by atoms with van der Waals surface area (Å²) < 4.78 is 10.6. The predicted octanol–water partition coefficient (Wildman–Crippen LogP) is 3.66. The van der Waals surface area contributed by atoms with Crippen LogP contribution in [0.15, 0.2) is 35.0 Å². The molecule has 0 fully saturated rings. The SMILES string of the molecule is COc1ccc(CC(C)(N)CCc2ccsc2)cc1OC. The molecule has 3 nitrogen and oxygen atoms in total. The van der Waals surface area contributed by atoms with Gasteiger partial charge in [0.05, 0.1) is 14.2 Å². The number of methoxy groups -OCH3 is 2. The number of nitrogens with two attached hydrogens (primary N) is 1. The molecule has 0 saturated carbocycles. The molecule has 1 aromatic heterocycles. The molecule has 0 aliphatic heterocycles. The molecule has 0 saturated heterocycles. The first-order valence-corrected chi connectivity index (χ1v) is 7.99. The first kappa shape index (κ1) is 15.9. The quantitative estimate of drug-likeness (QED) is 0.849. The highest BCUT2D eigenvalue weighted by Gasteiger charge is 2.20. The highest BCUT2D eigenvalue weighted by atomic mass is 32.1. The second-order valence-corrected chi connectivity index (χ2v) is 6.43. The Morgan fingerprint density at radius 2 is 1.86 bits per heavy atom. The second-order valence-electron chi connectivity index (χ2n) is 5.65. The average Bonchev–Trinajstić information content (AvgIpc) is 2.98. The molecule has 0 aliphatic rings. The van der Waals surface area contributed by atoms with Gasteiger partial charge in [0, 0.05) is 5.54 Å². The molecule has 2 rings (SSSR count). The number of benzene rings is 1. The lowest BCUT2D eigenvalue weighted by Gasteiger charge is -2.25. The van der Waals surface area contributed by atoms with Gasteiger partial charge in [0.15, 0.2) is 11.5 Å². The van der Waals surface area contributed by atoms with Crippen molar-refractivity contribution in [3.63, 3.8) is 0 Å². The lowest BCUT2D eigenvalue weighted by molar-refractivity contribution is 0.353. The third-order valence-electron chi connectivity index (χ3n) is 3.62. The summed E-state index contributed by atoms with van der Waals surface area (Å²) in [4.78, 5) is 0. The zero-order valence-electron chi connectivity index (χ0n) is 12.9. The minimum absolute atomic E-state index is 0.235. The largest absolute Gasteiger partial charge is 0.493 e. The molecule has 0 bridgehead atoms. The van der Waals surface area contributed by atoms with E-state index in [1.165, 1.54) is 11.1 Å². The van der Waals surface area contributed by atoms with Crippen LogP contribution in [0.3, 0.4) is 0 Å². The van der Waals surface area contributed by atoms with Crippen LogP contribution in [0.2, 0.25) is 0 Å². The molecule has 1 atom stereocenters. The van der Waals surface area contributed by atoms with Gasteiger partial charge in [0.2, 0.25) is 0 Å². The zero-order valence-corrected chi connectivity index (χ0v) is 13.7. The van der Waals surface area contributed by atoms with E-state index >= 15 is 0 Å². The Kier molecular flexibility index (Phi) is 5.26. The van der Waals surface area contributed by atoms with Gasteiger partial charge in [-0.15, -0.1) is 0 Å². The lowest BCUT2D eigenvalue weighted by Crippen LogP contribution is -2.39. The molecular formula is C17H23NO2S. The molecule has 0 amide bonds. The van der Waals surface area contributed by atoms with Gasteiger partial charge < -0.3 is 15.2 Å². The minimum Gasteiger partial charge on any atom is -0.493 e. The minimum atomic E-state index is -0.235. The van der Waals surface area contributed by atoms with Crippen LogP contribution >= 0.6 is 11.3 Å². The Hall–Kier alpha value is -1.52. The normalized spacial score (nSPS) is 13.7. The van der Waals surface area contributed by atoms with Gasteiger partial charge in [-0.05, 0) is 66.3 Å². The van der Waals surface area contributed by atoms with E-state index < -0.39 is 0 Å². The maximum Gasteiger partial charge on any atom is 0.160 e. The van der Waals surface area contributed by atoms with Crippen molar-refractivity contribution in [2.45, 2.75) is 31.7 Å². The first-order chi connectivity index (χ1) is 10.0. The smallest absolute Gasteiger partial charge is 0.160 e. The van der Waals surface area contributed by atoms with Crippen molar-refractivity contribution >= 4 is 11.3 Å². The number of hydrogen-bond donors (Lipinski definition) is 1. The summed E-state index contributed by atoms with van der Waals surface area (Å²) in [7, 11) is 3.30. The molecule has 114 valence electrons. The van der Waals surface area contributed by atoms with Gasteiger partial charge in [-0.2, -0.15) is 11.3 Å². The molecule has 2 N–H and O–H groups in total. The molecule has 0 spiro atoms. The van der Waals surface area contributed by atoms with E-state index in [9.17, 15) is 0 Å². The first-order valence-electron chi connectivity index (χ1n) is 7.05. The van der Waals surface area contributed by atoms with Gasteiger partial charge in [0.1, 0.15) is 0 Å². The fourth-order valence-electron chi connectivity index (χ4n) is 2.41.